The van der Waals surface area contributed by atoms with E-state index in [9.17, 15) is 5.11 Å². The van der Waals surface area contributed by atoms with Crippen LogP contribution in [0.1, 0.15) is 48.9 Å². The quantitative estimate of drug-likeness (QED) is 0.818. The zero-order valence-electron chi connectivity index (χ0n) is 12.6. The van der Waals surface area contributed by atoms with Gasteiger partial charge in [0.05, 0.1) is 0 Å². The van der Waals surface area contributed by atoms with E-state index in [0.29, 0.717) is 5.75 Å². The van der Waals surface area contributed by atoms with Crippen LogP contribution in [-0.2, 0) is 6.42 Å². The molecular formula is C17H24O2. The van der Waals surface area contributed by atoms with Crippen molar-refractivity contribution in [2.24, 2.45) is 0 Å². The Balaban J connectivity index is 2.40. The molecule has 1 aliphatic rings. The first-order valence-electron chi connectivity index (χ1n) is 7.08. The molecule has 1 N–H and O–H groups in total. The van der Waals surface area contributed by atoms with E-state index in [4.69, 9.17) is 4.74 Å². The number of hydrogen-bond acceptors (Lipinski definition) is 2. The molecule has 0 radical (unpaired) electrons. The normalized spacial score (nSPS) is 21.7. The molecule has 1 atom stereocenters. The molecule has 0 aromatic heterocycles. The summed E-state index contributed by atoms with van der Waals surface area (Å²) in [4.78, 5) is 0. The van der Waals surface area contributed by atoms with Crippen LogP contribution in [0.3, 0.4) is 0 Å². The Hall–Kier alpha value is -1.44. The Kier molecular flexibility index (Phi) is 3.62. The largest absolute Gasteiger partial charge is 0.507 e. The number of unbranched alkanes of at least 4 members (excludes halogenated alkanes) is 1. The van der Waals surface area contributed by atoms with Crippen molar-refractivity contribution in [2.45, 2.75) is 59.5 Å². The number of fused-ring (bicyclic) bond motifs is 1. The van der Waals surface area contributed by atoms with Gasteiger partial charge in [0.1, 0.15) is 17.1 Å². The summed E-state index contributed by atoms with van der Waals surface area (Å²) in [7, 11) is 0. The minimum Gasteiger partial charge on any atom is -0.507 e. The second-order valence-electron chi connectivity index (χ2n) is 5.81. The van der Waals surface area contributed by atoms with Gasteiger partial charge in [0.2, 0.25) is 0 Å². The molecule has 0 saturated heterocycles. The van der Waals surface area contributed by atoms with Gasteiger partial charge < -0.3 is 9.84 Å². The second kappa shape index (κ2) is 4.92. The van der Waals surface area contributed by atoms with Crippen molar-refractivity contribution in [3.63, 3.8) is 0 Å². The molecule has 2 nitrogen and oxygen atoms in total. The highest BCUT2D eigenvalue weighted by Gasteiger charge is 2.36. The molecule has 1 aliphatic heterocycles. The van der Waals surface area contributed by atoms with Crippen molar-refractivity contribution in [1.82, 2.24) is 0 Å². The zero-order chi connectivity index (χ0) is 14.2. The maximum atomic E-state index is 10.2. The van der Waals surface area contributed by atoms with Gasteiger partial charge in [0.25, 0.3) is 0 Å². The Morgan fingerprint density at radius 1 is 1.21 bits per heavy atom. The van der Waals surface area contributed by atoms with Crippen LogP contribution in [-0.4, -0.2) is 10.7 Å². The number of allylic oxidation sites excluding steroid dienone is 1. The van der Waals surface area contributed by atoms with Gasteiger partial charge in [0, 0.05) is 12.0 Å². The van der Waals surface area contributed by atoms with Gasteiger partial charge in [-0.2, -0.15) is 0 Å². The van der Waals surface area contributed by atoms with Crippen molar-refractivity contribution in [3.05, 3.63) is 34.4 Å². The van der Waals surface area contributed by atoms with Gasteiger partial charge >= 0.3 is 0 Å². The van der Waals surface area contributed by atoms with Crippen LogP contribution >= 0.6 is 0 Å². The fourth-order valence-electron chi connectivity index (χ4n) is 2.73. The molecule has 1 unspecified atom stereocenters. The third-order valence-corrected chi connectivity index (χ3v) is 4.13. The van der Waals surface area contributed by atoms with Gasteiger partial charge in [0.15, 0.2) is 0 Å². The lowest BCUT2D eigenvalue weighted by Crippen LogP contribution is -2.27. The van der Waals surface area contributed by atoms with Crippen LogP contribution < -0.4 is 4.74 Å². The molecule has 0 aliphatic carbocycles. The van der Waals surface area contributed by atoms with E-state index in [1.165, 1.54) is 0 Å². The summed E-state index contributed by atoms with van der Waals surface area (Å²) in [5, 5.41) is 10.2. The van der Waals surface area contributed by atoms with Crippen molar-refractivity contribution in [3.8, 4) is 11.5 Å². The lowest BCUT2D eigenvalue weighted by Gasteiger charge is -2.20. The third kappa shape index (κ3) is 2.36. The van der Waals surface area contributed by atoms with Crippen LogP contribution in [0.5, 0.6) is 11.5 Å². The van der Waals surface area contributed by atoms with E-state index in [-0.39, 0.29) is 5.60 Å². The number of rotatable bonds is 3. The van der Waals surface area contributed by atoms with Gasteiger partial charge in [-0.1, -0.05) is 19.4 Å². The van der Waals surface area contributed by atoms with E-state index >= 15 is 0 Å². The van der Waals surface area contributed by atoms with E-state index in [0.717, 1.165) is 47.3 Å². The molecule has 2 heteroatoms. The van der Waals surface area contributed by atoms with Crippen molar-refractivity contribution < 1.29 is 9.84 Å². The van der Waals surface area contributed by atoms with Crippen LogP contribution in [0.4, 0.5) is 0 Å². The molecule has 0 amide bonds. The first-order valence-corrected chi connectivity index (χ1v) is 7.08. The number of aromatic hydroxyl groups is 1. The van der Waals surface area contributed by atoms with Gasteiger partial charge in [-0.15, -0.1) is 0 Å². The van der Waals surface area contributed by atoms with Gasteiger partial charge in [-0.25, -0.2) is 0 Å². The molecule has 0 bridgehead atoms. The minimum atomic E-state index is -0.271. The zero-order valence-corrected chi connectivity index (χ0v) is 12.6. The fraction of sp³-hybridized carbons (Fsp3) is 0.529. The summed E-state index contributed by atoms with van der Waals surface area (Å²) in [6.45, 7) is 10.2. The number of hydrogen-bond donors (Lipinski definition) is 1. The second-order valence-corrected chi connectivity index (χ2v) is 5.81. The molecule has 2 rings (SSSR count). The van der Waals surface area contributed by atoms with Crippen LogP contribution in [0, 0.1) is 20.8 Å². The Labute approximate surface area is 116 Å². The Morgan fingerprint density at radius 2 is 1.89 bits per heavy atom. The molecule has 0 saturated carbocycles. The molecule has 1 aromatic carbocycles. The van der Waals surface area contributed by atoms with Gasteiger partial charge in [-0.05, 0) is 56.9 Å². The SMILES string of the molecule is CCC/C=C\C1(C)Cc2c(C)c(O)c(C)c(C)c2O1. The molecule has 1 aromatic rings. The summed E-state index contributed by atoms with van der Waals surface area (Å²) in [5.74, 6) is 1.39. The molecule has 104 valence electrons. The highest BCUT2D eigenvalue weighted by molar-refractivity contribution is 5.60. The van der Waals surface area contributed by atoms with Crippen molar-refractivity contribution >= 4 is 0 Å². The maximum Gasteiger partial charge on any atom is 0.128 e. The summed E-state index contributed by atoms with van der Waals surface area (Å²) >= 11 is 0. The highest BCUT2D eigenvalue weighted by atomic mass is 16.5. The third-order valence-electron chi connectivity index (χ3n) is 4.13. The number of phenols is 1. The molecule has 0 fully saturated rings. The molecular weight excluding hydrogens is 236 g/mol. The van der Waals surface area contributed by atoms with E-state index in [1.54, 1.807) is 0 Å². The highest BCUT2D eigenvalue weighted by Crippen LogP contribution is 2.45. The Bertz CT molecular complexity index is 490. The number of phenolic OH excluding ortho intramolecular Hbond substituents is 1. The monoisotopic (exact) mass is 260 g/mol. The smallest absolute Gasteiger partial charge is 0.128 e. The van der Waals surface area contributed by atoms with Crippen molar-refractivity contribution in [2.75, 3.05) is 0 Å². The standard InChI is InChI=1S/C17H24O2/c1-6-7-8-9-17(5)10-14-13(4)15(18)11(2)12(3)16(14)19-17/h8-9,18H,6-7,10H2,1-5H3/b9-8-. The van der Waals surface area contributed by atoms with E-state index < -0.39 is 0 Å². The van der Waals surface area contributed by atoms with E-state index in [1.807, 2.05) is 20.8 Å². The molecule has 19 heavy (non-hydrogen) atoms. The summed E-state index contributed by atoms with van der Waals surface area (Å²) < 4.78 is 6.19. The predicted molar refractivity (Wildman–Crippen MR) is 79.1 cm³/mol. The van der Waals surface area contributed by atoms with Crippen LogP contribution in [0.15, 0.2) is 12.2 Å². The summed E-state index contributed by atoms with van der Waals surface area (Å²) in [6, 6.07) is 0. The number of ether oxygens (including phenoxy) is 1. The molecule has 0 spiro atoms. The average molecular weight is 260 g/mol. The average Bonchev–Trinajstić information content (AvgIpc) is 2.73. The predicted octanol–water partition coefficient (Wildman–Crippen LogP) is 4.37. The van der Waals surface area contributed by atoms with Crippen molar-refractivity contribution in [1.29, 1.82) is 0 Å². The first kappa shape index (κ1) is 14.0. The minimum absolute atomic E-state index is 0.271. The molecule has 1 heterocycles. The van der Waals surface area contributed by atoms with Crippen LogP contribution in [0.25, 0.3) is 0 Å². The topological polar surface area (TPSA) is 29.5 Å². The lowest BCUT2D eigenvalue weighted by molar-refractivity contribution is 0.169. The van der Waals surface area contributed by atoms with E-state index in [2.05, 4.69) is 26.0 Å². The number of benzene rings is 1. The van der Waals surface area contributed by atoms with Crippen LogP contribution in [0.2, 0.25) is 0 Å². The lowest BCUT2D eigenvalue weighted by atomic mass is 9.92. The summed E-state index contributed by atoms with van der Waals surface area (Å²) in [5.41, 5.74) is 3.84. The maximum absolute atomic E-state index is 10.2. The first-order chi connectivity index (χ1) is 8.89. The van der Waals surface area contributed by atoms with Gasteiger partial charge in [-0.3, -0.25) is 0 Å². The summed E-state index contributed by atoms with van der Waals surface area (Å²) in [6.07, 6.45) is 7.43. The fourth-order valence-corrected chi connectivity index (χ4v) is 2.73. The Morgan fingerprint density at radius 3 is 2.53 bits per heavy atom.